The SMILES string of the molecule is C[C@@H](NSc1ccc2cnccc2c1)[C@H](CCCc1ccccc1)NC(=O)OC(C)(C)C. The standard InChI is InChI=1S/C26H33N3O2S/c1-19(29-32-23-14-13-22-18-27-16-15-21(22)17-23)24(28-25(30)31-26(2,3)4)12-8-11-20-9-6-5-7-10-20/h5-7,9-10,13-19,24,29H,8,11-12H2,1-4H3,(H,28,30)/t19-,24+/m1/s1. The van der Waals surface area contributed by atoms with Gasteiger partial charge in [-0.05, 0) is 88.1 Å². The maximum atomic E-state index is 12.5. The molecule has 0 bridgehead atoms. The number of hydrogen-bond donors (Lipinski definition) is 2. The van der Waals surface area contributed by atoms with Gasteiger partial charge in [-0.25, -0.2) is 4.79 Å². The molecule has 2 N–H and O–H groups in total. The summed E-state index contributed by atoms with van der Waals surface area (Å²) in [6.07, 6.45) is 6.11. The third-order valence-corrected chi connectivity index (χ3v) is 6.08. The van der Waals surface area contributed by atoms with E-state index in [2.05, 4.69) is 64.4 Å². The summed E-state index contributed by atoms with van der Waals surface area (Å²) in [4.78, 5) is 17.7. The second-order valence-electron chi connectivity index (χ2n) is 9.02. The molecule has 0 aliphatic carbocycles. The van der Waals surface area contributed by atoms with Crippen molar-refractivity contribution in [3.05, 3.63) is 72.6 Å². The Morgan fingerprint density at radius 2 is 1.88 bits per heavy atom. The Morgan fingerprint density at radius 1 is 1.09 bits per heavy atom. The molecule has 1 heterocycles. The summed E-state index contributed by atoms with van der Waals surface area (Å²) < 4.78 is 9.01. The lowest BCUT2D eigenvalue weighted by atomic mass is 10.0. The third kappa shape index (κ3) is 7.84. The lowest BCUT2D eigenvalue weighted by Gasteiger charge is -2.28. The van der Waals surface area contributed by atoms with Gasteiger partial charge in [-0.1, -0.05) is 36.4 Å². The first-order valence-electron chi connectivity index (χ1n) is 11.1. The largest absolute Gasteiger partial charge is 0.444 e. The molecule has 2 atom stereocenters. The number of pyridine rings is 1. The summed E-state index contributed by atoms with van der Waals surface area (Å²) in [5, 5.41) is 5.36. The van der Waals surface area contributed by atoms with Crippen molar-refractivity contribution in [3.63, 3.8) is 0 Å². The molecule has 0 aliphatic heterocycles. The van der Waals surface area contributed by atoms with E-state index in [1.165, 1.54) is 5.56 Å². The van der Waals surface area contributed by atoms with Crippen LogP contribution in [0.1, 0.15) is 46.1 Å². The van der Waals surface area contributed by atoms with Gasteiger partial charge in [0.2, 0.25) is 0 Å². The highest BCUT2D eigenvalue weighted by atomic mass is 32.2. The minimum Gasteiger partial charge on any atom is -0.444 e. The number of rotatable bonds is 9. The minimum atomic E-state index is -0.524. The lowest BCUT2D eigenvalue weighted by Crippen LogP contribution is -2.48. The number of amides is 1. The van der Waals surface area contributed by atoms with Gasteiger partial charge >= 0.3 is 6.09 Å². The Hall–Kier alpha value is -2.57. The summed E-state index contributed by atoms with van der Waals surface area (Å²) >= 11 is 1.58. The highest BCUT2D eigenvalue weighted by molar-refractivity contribution is 7.97. The molecule has 170 valence electrons. The van der Waals surface area contributed by atoms with Crippen molar-refractivity contribution in [3.8, 4) is 0 Å². The zero-order chi connectivity index (χ0) is 23.0. The van der Waals surface area contributed by atoms with Crippen LogP contribution in [-0.4, -0.2) is 28.8 Å². The first-order valence-corrected chi connectivity index (χ1v) is 11.9. The fourth-order valence-corrected chi connectivity index (χ4v) is 4.25. The van der Waals surface area contributed by atoms with Gasteiger partial charge in [-0.3, -0.25) is 9.71 Å². The molecule has 32 heavy (non-hydrogen) atoms. The van der Waals surface area contributed by atoms with Crippen molar-refractivity contribution in [2.75, 3.05) is 0 Å². The quantitative estimate of drug-likeness (QED) is 0.383. The van der Waals surface area contributed by atoms with Crippen LogP contribution in [0.2, 0.25) is 0 Å². The van der Waals surface area contributed by atoms with Gasteiger partial charge in [0.15, 0.2) is 0 Å². The van der Waals surface area contributed by atoms with Crippen LogP contribution in [-0.2, 0) is 11.2 Å². The second kappa shape index (κ2) is 11.3. The number of fused-ring (bicyclic) bond motifs is 1. The van der Waals surface area contributed by atoms with E-state index in [0.29, 0.717) is 0 Å². The zero-order valence-corrected chi connectivity index (χ0v) is 20.1. The fourth-order valence-electron chi connectivity index (χ4n) is 3.44. The van der Waals surface area contributed by atoms with Gasteiger partial charge in [0, 0.05) is 34.8 Å². The molecule has 0 saturated heterocycles. The van der Waals surface area contributed by atoms with E-state index < -0.39 is 5.60 Å². The minimum absolute atomic E-state index is 0.0503. The molecule has 0 fully saturated rings. The van der Waals surface area contributed by atoms with Gasteiger partial charge in [-0.2, -0.15) is 0 Å². The van der Waals surface area contributed by atoms with E-state index in [-0.39, 0.29) is 18.2 Å². The molecular formula is C26H33N3O2S. The van der Waals surface area contributed by atoms with Crippen molar-refractivity contribution < 1.29 is 9.53 Å². The molecule has 1 amide bonds. The number of nitrogens with one attached hydrogen (secondary N) is 2. The monoisotopic (exact) mass is 451 g/mol. The van der Waals surface area contributed by atoms with Crippen LogP contribution in [0.3, 0.4) is 0 Å². The van der Waals surface area contributed by atoms with Crippen molar-refractivity contribution >= 4 is 28.8 Å². The van der Waals surface area contributed by atoms with Crippen LogP contribution in [0.5, 0.6) is 0 Å². The summed E-state index contributed by atoms with van der Waals surface area (Å²) in [5.41, 5.74) is 0.786. The van der Waals surface area contributed by atoms with Crippen molar-refractivity contribution in [2.45, 2.75) is 69.5 Å². The molecule has 6 heteroatoms. The summed E-state index contributed by atoms with van der Waals surface area (Å²) in [5.74, 6) is 0. The number of alkyl carbamates (subject to hydrolysis) is 1. The van der Waals surface area contributed by atoms with Crippen LogP contribution in [0.4, 0.5) is 4.79 Å². The summed E-state index contributed by atoms with van der Waals surface area (Å²) in [6.45, 7) is 7.74. The predicted molar refractivity (Wildman–Crippen MR) is 133 cm³/mol. The topological polar surface area (TPSA) is 63.2 Å². The molecule has 0 spiro atoms. The maximum absolute atomic E-state index is 12.5. The summed E-state index contributed by atoms with van der Waals surface area (Å²) in [7, 11) is 0. The smallest absolute Gasteiger partial charge is 0.407 e. The molecule has 2 aromatic carbocycles. The number of benzene rings is 2. The van der Waals surface area contributed by atoms with E-state index >= 15 is 0 Å². The van der Waals surface area contributed by atoms with Crippen LogP contribution in [0.25, 0.3) is 10.8 Å². The number of ether oxygens (including phenoxy) is 1. The van der Waals surface area contributed by atoms with E-state index in [1.807, 2.05) is 39.1 Å². The molecular weight excluding hydrogens is 418 g/mol. The Kier molecular flexibility index (Phi) is 8.53. The van der Waals surface area contributed by atoms with Gasteiger partial charge in [0.05, 0.1) is 0 Å². The summed E-state index contributed by atoms with van der Waals surface area (Å²) in [6, 6.07) is 18.8. The number of nitrogens with zero attached hydrogens (tertiary/aromatic N) is 1. The number of hydrogen-bond acceptors (Lipinski definition) is 5. The average molecular weight is 452 g/mol. The van der Waals surface area contributed by atoms with Crippen LogP contribution in [0.15, 0.2) is 71.9 Å². The average Bonchev–Trinajstić information content (AvgIpc) is 2.76. The number of carbonyl (C=O) groups is 1. The highest BCUT2D eigenvalue weighted by Crippen LogP contribution is 2.22. The van der Waals surface area contributed by atoms with E-state index in [4.69, 9.17) is 4.74 Å². The van der Waals surface area contributed by atoms with Crippen LogP contribution >= 0.6 is 11.9 Å². The van der Waals surface area contributed by atoms with Crippen molar-refractivity contribution in [1.29, 1.82) is 0 Å². The van der Waals surface area contributed by atoms with Gasteiger partial charge < -0.3 is 10.1 Å². The Labute approximate surface area is 195 Å². The Morgan fingerprint density at radius 3 is 2.62 bits per heavy atom. The van der Waals surface area contributed by atoms with Gasteiger partial charge in [-0.15, -0.1) is 0 Å². The zero-order valence-electron chi connectivity index (χ0n) is 19.3. The van der Waals surface area contributed by atoms with E-state index in [0.717, 1.165) is 34.9 Å². The normalized spacial score (nSPS) is 13.5. The van der Waals surface area contributed by atoms with Gasteiger partial charge in [0.1, 0.15) is 5.60 Å². The van der Waals surface area contributed by atoms with Crippen molar-refractivity contribution in [2.24, 2.45) is 0 Å². The first kappa shape index (κ1) is 24.1. The highest BCUT2D eigenvalue weighted by Gasteiger charge is 2.23. The lowest BCUT2D eigenvalue weighted by molar-refractivity contribution is 0.0493. The molecule has 0 aliphatic rings. The van der Waals surface area contributed by atoms with Crippen LogP contribution in [0, 0.1) is 0 Å². The molecule has 0 unspecified atom stereocenters. The van der Waals surface area contributed by atoms with Gasteiger partial charge in [0.25, 0.3) is 0 Å². The molecule has 0 radical (unpaired) electrons. The predicted octanol–water partition coefficient (Wildman–Crippen LogP) is 6.14. The Balaban J connectivity index is 1.60. The second-order valence-corrected chi connectivity index (χ2v) is 9.94. The fraction of sp³-hybridized carbons (Fsp3) is 0.385. The number of aryl methyl sites for hydroxylation is 1. The molecule has 0 saturated carbocycles. The molecule has 5 nitrogen and oxygen atoms in total. The van der Waals surface area contributed by atoms with Crippen molar-refractivity contribution in [1.82, 2.24) is 15.0 Å². The molecule has 3 rings (SSSR count). The third-order valence-electron chi connectivity index (χ3n) is 5.10. The number of aromatic nitrogens is 1. The first-order chi connectivity index (χ1) is 15.3. The Bertz CT molecular complexity index is 1000. The van der Waals surface area contributed by atoms with Crippen LogP contribution < -0.4 is 10.0 Å². The van der Waals surface area contributed by atoms with E-state index in [1.54, 1.807) is 18.1 Å². The molecule has 1 aromatic heterocycles. The van der Waals surface area contributed by atoms with E-state index in [9.17, 15) is 4.79 Å². The molecule has 3 aromatic rings. The maximum Gasteiger partial charge on any atom is 0.407 e. The number of carbonyl (C=O) groups excluding carboxylic acids is 1.